The van der Waals surface area contributed by atoms with Crippen LogP contribution in [0.15, 0.2) is 66.7 Å². The van der Waals surface area contributed by atoms with Crippen LogP contribution in [0.4, 0.5) is 0 Å². The molecule has 0 atom stereocenters. The van der Waals surface area contributed by atoms with E-state index in [9.17, 15) is 0 Å². The minimum absolute atomic E-state index is 0.336. The fourth-order valence-electron chi connectivity index (χ4n) is 2.41. The standard InChI is InChI=1S/C21H21NO4/c1-23-18-12-11-17(19(13-18)24-2)15-26-21-10-6-9-20(22-21)25-14-16-7-4-3-5-8-16/h3-13H,14-15H2,1-2H3. The highest BCUT2D eigenvalue weighted by molar-refractivity contribution is 5.40. The van der Waals surface area contributed by atoms with Crippen LogP contribution in [0.3, 0.4) is 0 Å². The summed E-state index contributed by atoms with van der Waals surface area (Å²) in [4.78, 5) is 4.38. The molecule has 1 aromatic heterocycles. The van der Waals surface area contributed by atoms with E-state index in [4.69, 9.17) is 18.9 Å². The van der Waals surface area contributed by atoms with Crippen LogP contribution in [0.2, 0.25) is 0 Å². The minimum Gasteiger partial charge on any atom is -0.497 e. The van der Waals surface area contributed by atoms with Crippen LogP contribution >= 0.6 is 0 Å². The lowest BCUT2D eigenvalue weighted by molar-refractivity contribution is 0.264. The smallest absolute Gasteiger partial charge is 0.216 e. The van der Waals surface area contributed by atoms with Crippen LogP contribution in [0.5, 0.6) is 23.3 Å². The Morgan fingerprint density at radius 1 is 0.731 bits per heavy atom. The second kappa shape index (κ2) is 8.76. The fraction of sp³-hybridized carbons (Fsp3) is 0.190. The van der Waals surface area contributed by atoms with Gasteiger partial charge >= 0.3 is 0 Å². The van der Waals surface area contributed by atoms with E-state index in [0.717, 1.165) is 16.9 Å². The molecule has 0 spiro atoms. The van der Waals surface area contributed by atoms with Gasteiger partial charge in [0.2, 0.25) is 11.8 Å². The Balaban J connectivity index is 1.62. The number of nitrogens with zero attached hydrogens (tertiary/aromatic N) is 1. The van der Waals surface area contributed by atoms with Gasteiger partial charge in [-0.3, -0.25) is 0 Å². The van der Waals surface area contributed by atoms with Crippen LogP contribution in [0.25, 0.3) is 0 Å². The van der Waals surface area contributed by atoms with Crippen molar-refractivity contribution >= 4 is 0 Å². The van der Waals surface area contributed by atoms with Gasteiger partial charge in [-0.05, 0) is 17.7 Å². The number of methoxy groups -OCH3 is 2. The molecular weight excluding hydrogens is 330 g/mol. The Labute approximate surface area is 153 Å². The van der Waals surface area contributed by atoms with Crippen LogP contribution in [-0.2, 0) is 13.2 Å². The number of hydrogen-bond acceptors (Lipinski definition) is 5. The lowest BCUT2D eigenvalue weighted by Crippen LogP contribution is -2.02. The van der Waals surface area contributed by atoms with Gasteiger partial charge in [0, 0.05) is 23.8 Å². The first-order chi connectivity index (χ1) is 12.8. The SMILES string of the molecule is COc1ccc(COc2cccc(OCc3ccccc3)n2)c(OC)c1. The maximum atomic E-state index is 5.79. The summed E-state index contributed by atoms with van der Waals surface area (Å²) in [5.74, 6) is 2.46. The molecule has 0 bridgehead atoms. The van der Waals surface area contributed by atoms with Gasteiger partial charge in [0.1, 0.15) is 24.7 Å². The lowest BCUT2D eigenvalue weighted by atomic mass is 10.2. The van der Waals surface area contributed by atoms with Crippen molar-refractivity contribution in [3.05, 3.63) is 77.9 Å². The Morgan fingerprint density at radius 3 is 2.15 bits per heavy atom. The topological polar surface area (TPSA) is 49.8 Å². The quantitative estimate of drug-likeness (QED) is 0.607. The molecule has 134 valence electrons. The number of pyridine rings is 1. The van der Waals surface area contributed by atoms with E-state index < -0.39 is 0 Å². The summed E-state index contributed by atoms with van der Waals surface area (Å²) >= 11 is 0. The highest BCUT2D eigenvalue weighted by Gasteiger charge is 2.07. The average Bonchev–Trinajstić information content (AvgIpc) is 2.71. The highest BCUT2D eigenvalue weighted by Crippen LogP contribution is 2.26. The lowest BCUT2D eigenvalue weighted by Gasteiger charge is -2.12. The molecule has 0 amide bonds. The third-order valence-corrected chi connectivity index (χ3v) is 3.80. The van der Waals surface area contributed by atoms with Crippen molar-refractivity contribution in [2.75, 3.05) is 14.2 Å². The molecular formula is C21H21NO4. The molecule has 0 saturated carbocycles. The van der Waals surface area contributed by atoms with E-state index >= 15 is 0 Å². The predicted octanol–water partition coefficient (Wildman–Crippen LogP) is 4.26. The molecule has 0 radical (unpaired) electrons. The first-order valence-electron chi connectivity index (χ1n) is 8.26. The summed E-state index contributed by atoms with van der Waals surface area (Å²) in [5, 5.41) is 0. The van der Waals surface area contributed by atoms with E-state index in [0.29, 0.717) is 30.7 Å². The molecule has 26 heavy (non-hydrogen) atoms. The number of aromatic nitrogens is 1. The molecule has 3 aromatic rings. The Kier molecular flexibility index (Phi) is 5.93. The maximum absolute atomic E-state index is 5.79. The number of rotatable bonds is 8. The normalized spacial score (nSPS) is 10.2. The van der Waals surface area contributed by atoms with Gasteiger partial charge in [-0.15, -0.1) is 0 Å². The average molecular weight is 351 g/mol. The molecule has 0 aliphatic rings. The van der Waals surface area contributed by atoms with Gasteiger partial charge in [-0.2, -0.15) is 4.98 Å². The third-order valence-electron chi connectivity index (χ3n) is 3.80. The van der Waals surface area contributed by atoms with Gasteiger partial charge in [0.05, 0.1) is 14.2 Å². The Hall–Kier alpha value is -3.21. The zero-order valence-corrected chi connectivity index (χ0v) is 14.8. The van der Waals surface area contributed by atoms with E-state index in [-0.39, 0.29) is 0 Å². The summed E-state index contributed by atoms with van der Waals surface area (Å²) in [5.41, 5.74) is 1.99. The van der Waals surface area contributed by atoms with E-state index in [1.807, 2.05) is 60.7 Å². The molecule has 0 unspecified atom stereocenters. The van der Waals surface area contributed by atoms with Crippen LogP contribution in [-0.4, -0.2) is 19.2 Å². The molecule has 2 aromatic carbocycles. The van der Waals surface area contributed by atoms with Gasteiger partial charge in [0.15, 0.2) is 0 Å². The monoisotopic (exact) mass is 351 g/mol. The van der Waals surface area contributed by atoms with Gasteiger partial charge < -0.3 is 18.9 Å². The predicted molar refractivity (Wildman–Crippen MR) is 98.9 cm³/mol. The van der Waals surface area contributed by atoms with Gasteiger partial charge in [0.25, 0.3) is 0 Å². The van der Waals surface area contributed by atoms with E-state index in [1.165, 1.54) is 0 Å². The zero-order chi connectivity index (χ0) is 18.2. The van der Waals surface area contributed by atoms with E-state index in [1.54, 1.807) is 20.3 Å². The van der Waals surface area contributed by atoms with Crippen molar-refractivity contribution in [3.8, 4) is 23.3 Å². The highest BCUT2D eigenvalue weighted by atomic mass is 16.5. The number of benzene rings is 2. The fourth-order valence-corrected chi connectivity index (χ4v) is 2.41. The summed E-state index contributed by atoms with van der Waals surface area (Å²) in [6.45, 7) is 0.798. The van der Waals surface area contributed by atoms with Gasteiger partial charge in [-0.1, -0.05) is 36.4 Å². The first-order valence-corrected chi connectivity index (χ1v) is 8.26. The van der Waals surface area contributed by atoms with Crippen molar-refractivity contribution in [2.24, 2.45) is 0 Å². The van der Waals surface area contributed by atoms with Crippen molar-refractivity contribution in [3.63, 3.8) is 0 Å². The largest absolute Gasteiger partial charge is 0.497 e. The molecule has 0 N–H and O–H groups in total. The number of hydrogen-bond donors (Lipinski definition) is 0. The number of ether oxygens (including phenoxy) is 4. The second-order valence-electron chi connectivity index (χ2n) is 5.55. The molecule has 3 rings (SSSR count). The summed E-state index contributed by atoms with van der Waals surface area (Å²) in [7, 11) is 3.24. The Bertz CT molecular complexity index is 836. The molecule has 5 heteroatoms. The summed E-state index contributed by atoms with van der Waals surface area (Å²) in [6, 6.07) is 21.0. The summed E-state index contributed by atoms with van der Waals surface area (Å²) in [6.07, 6.45) is 0. The van der Waals surface area contributed by atoms with Gasteiger partial charge in [-0.25, -0.2) is 0 Å². The maximum Gasteiger partial charge on any atom is 0.216 e. The Morgan fingerprint density at radius 2 is 1.46 bits per heavy atom. The van der Waals surface area contributed by atoms with E-state index in [2.05, 4.69) is 4.98 Å². The molecule has 1 heterocycles. The molecule has 5 nitrogen and oxygen atoms in total. The third kappa shape index (κ3) is 4.66. The van der Waals surface area contributed by atoms with Crippen molar-refractivity contribution < 1.29 is 18.9 Å². The van der Waals surface area contributed by atoms with Crippen molar-refractivity contribution in [2.45, 2.75) is 13.2 Å². The molecule has 0 aliphatic heterocycles. The molecule has 0 aliphatic carbocycles. The van der Waals surface area contributed by atoms with Crippen molar-refractivity contribution in [1.82, 2.24) is 4.98 Å². The van der Waals surface area contributed by atoms with Crippen molar-refractivity contribution in [1.29, 1.82) is 0 Å². The first kappa shape index (κ1) is 17.6. The minimum atomic E-state index is 0.336. The van der Waals surface area contributed by atoms with Crippen LogP contribution < -0.4 is 18.9 Å². The second-order valence-corrected chi connectivity index (χ2v) is 5.55. The molecule has 0 saturated heterocycles. The van der Waals surface area contributed by atoms with Crippen LogP contribution in [0, 0.1) is 0 Å². The molecule has 0 fully saturated rings. The van der Waals surface area contributed by atoms with Crippen LogP contribution in [0.1, 0.15) is 11.1 Å². The zero-order valence-electron chi connectivity index (χ0n) is 14.8. The summed E-state index contributed by atoms with van der Waals surface area (Å²) < 4.78 is 22.1.